The zero-order chi connectivity index (χ0) is 17.3. The van der Waals surface area contributed by atoms with Gasteiger partial charge in [-0.1, -0.05) is 111 Å². The summed E-state index contributed by atoms with van der Waals surface area (Å²) in [6.45, 7) is 4.98. The SMILES string of the molecule is CC(CC(C)(C1C=CC=C1)C1C=CC=C1)(C1C=CC=C1)C1C=CC=C1. The third-order valence-corrected chi connectivity index (χ3v) is 6.80. The second kappa shape index (κ2) is 6.33. The van der Waals surface area contributed by atoms with Gasteiger partial charge < -0.3 is 0 Å². The molecule has 4 aliphatic rings. The molecule has 25 heavy (non-hydrogen) atoms. The van der Waals surface area contributed by atoms with Crippen LogP contribution in [0.4, 0.5) is 0 Å². The molecule has 0 amide bonds. The summed E-state index contributed by atoms with van der Waals surface area (Å²) in [5, 5.41) is 0. The van der Waals surface area contributed by atoms with Gasteiger partial charge in [0.1, 0.15) is 0 Å². The predicted molar refractivity (Wildman–Crippen MR) is 108 cm³/mol. The first-order chi connectivity index (χ1) is 12.1. The van der Waals surface area contributed by atoms with Crippen LogP contribution in [0.2, 0.25) is 0 Å². The highest BCUT2D eigenvalue weighted by atomic mass is 14.5. The minimum absolute atomic E-state index is 0.177. The molecule has 4 rings (SSSR count). The maximum atomic E-state index is 2.49. The summed E-state index contributed by atoms with van der Waals surface area (Å²) < 4.78 is 0. The van der Waals surface area contributed by atoms with E-state index in [1.54, 1.807) is 0 Å². The van der Waals surface area contributed by atoms with Crippen LogP contribution in [0.15, 0.2) is 97.2 Å². The quantitative estimate of drug-likeness (QED) is 0.532. The van der Waals surface area contributed by atoms with Gasteiger partial charge in [-0.3, -0.25) is 0 Å². The summed E-state index contributed by atoms with van der Waals surface area (Å²) >= 11 is 0. The first kappa shape index (κ1) is 16.4. The van der Waals surface area contributed by atoms with Crippen molar-refractivity contribution < 1.29 is 0 Å². The van der Waals surface area contributed by atoms with Gasteiger partial charge in [0.15, 0.2) is 0 Å². The van der Waals surface area contributed by atoms with Gasteiger partial charge in [-0.05, 0) is 17.3 Å². The molecule has 0 saturated carbocycles. The summed E-state index contributed by atoms with van der Waals surface area (Å²) in [6.07, 6.45) is 38.0. The lowest BCUT2D eigenvalue weighted by atomic mass is 9.55. The average Bonchev–Trinajstić information content (AvgIpc) is 3.45. The fourth-order valence-corrected chi connectivity index (χ4v) is 5.22. The van der Waals surface area contributed by atoms with E-state index in [4.69, 9.17) is 0 Å². The van der Waals surface area contributed by atoms with E-state index in [0.717, 1.165) is 0 Å². The van der Waals surface area contributed by atoms with Gasteiger partial charge in [-0.25, -0.2) is 0 Å². The Balaban J connectivity index is 1.73. The number of hydrogen-bond donors (Lipinski definition) is 0. The highest BCUT2D eigenvalue weighted by Crippen LogP contribution is 2.55. The van der Waals surface area contributed by atoms with Crippen molar-refractivity contribution in [3.05, 3.63) is 97.2 Å². The van der Waals surface area contributed by atoms with Crippen molar-refractivity contribution in [2.75, 3.05) is 0 Å². The minimum Gasteiger partial charge on any atom is -0.0770 e. The summed E-state index contributed by atoms with van der Waals surface area (Å²) in [5.41, 5.74) is 0.354. The zero-order valence-electron chi connectivity index (χ0n) is 15.3. The molecule has 0 spiro atoms. The van der Waals surface area contributed by atoms with Crippen LogP contribution in [-0.4, -0.2) is 0 Å². The molecule has 0 aromatic heterocycles. The van der Waals surface area contributed by atoms with Gasteiger partial charge in [0, 0.05) is 23.7 Å². The lowest BCUT2D eigenvalue weighted by molar-refractivity contribution is 0.0695. The smallest absolute Gasteiger partial charge is 0.00155 e. The van der Waals surface area contributed by atoms with Crippen molar-refractivity contribution >= 4 is 0 Å². The largest absolute Gasteiger partial charge is 0.0770 e. The molecule has 0 bridgehead atoms. The zero-order valence-corrected chi connectivity index (χ0v) is 15.3. The molecular weight excluding hydrogens is 300 g/mol. The van der Waals surface area contributed by atoms with Gasteiger partial charge in [0.25, 0.3) is 0 Å². The second-order valence-corrected chi connectivity index (χ2v) is 8.37. The molecule has 0 N–H and O–H groups in total. The lowest BCUT2D eigenvalue weighted by Crippen LogP contribution is -2.42. The van der Waals surface area contributed by atoms with Crippen LogP contribution >= 0.6 is 0 Å². The van der Waals surface area contributed by atoms with E-state index in [-0.39, 0.29) is 10.8 Å². The lowest BCUT2D eigenvalue weighted by Gasteiger charge is -2.49. The van der Waals surface area contributed by atoms with Gasteiger partial charge in [-0.2, -0.15) is 0 Å². The molecule has 0 radical (unpaired) electrons. The van der Waals surface area contributed by atoms with Crippen LogP contribution in [0, 0.1) is 34.5 Å². The van der Waals surface area contributed by atoms with Crippen LogP contribution in [0.25, 0.3) is 0 Å². The third-order valence-electron chi connectivity index (χ3n) is 6.80. The van der Waals surface area contributed by atoms with Crippen molar-refractivity contribution in [2.45, 2.75) is 20.3 Å². The molecule has 0 heteroatoms. The number of rotatable bonds is 6. The van der Waals surface area contributed by atoms with Crippen LogP contribution in [0.3, 0.4) is 0 Å². The molecule has 128 valence electrons. The molecule has 0 fully saturated rings. The summed E-state index contributed by atoms with van der Waals surface area (Å²) in [6, 6.07) is 0. The van der Waals surface area contributed by atoms with E-state index in [1.165, 1.54) is 6.42 Å². The van der Waals surface area contributed by atoms with Crippen molar-refractivity contribution in [3.8, 4) is 0 Å². The van der Waals surface area contributed by atoms with Gasteiger partial charge in [-0.15, -0.1) is 0 Å². The molecule has 0 aromatic carbocycles. The van der Waals surface area contributed by atoms with Crippen molar-refractivity contribution in [1.82, 2.24) is 0 Å². The van der Waals surface area contributed by atoms with Gasteiger partial charge >= 0.3 is 0 Å². The topological polar surface area (TPSA) is 0 Å². The van der Waals surface area contributed by atoms with Crippen LogP contribution < -0.4 is 0 Å². The summed E-state index contributed by atoms with van der Waals surface area (Å²) in [5.74, 6) is 1.97. The number of allylic oxidation sites excluding steroid dienone is 16. The van der Waals surface area contributed by atoms with Gasteiger partial charge in [0.05, 0.1) is 0 Å². The molecular formula is C25H28. The van der Waals surface area contributed by atoms with Crippen molar-refractivity contribution in [3.63, 3.8) is 0 Å². The average molecular weight is 328 g/mol. The Bertz CT molecular complexity index is 579. The highest BCUT2D eigenvalue weighted by Gasteiger charge is 2.48. The molecule has 0 aromatic rings. The molecule has 4 aliphatic carbocycles. The van der Waals surface area contributed by atoms with E-state index in [2.05, 4.69) is 111 Å². The summed E-state index contributed by atoms with van der Waals surface area (Å²) in [7, 11) is 0. The Hall–Kier alpha value is -2.08. The molecule has 0 saturated heterocycles. The molecule has 0 aliphatic heterocycles. The third kappa shape index (κ3) is 2.78. The Morgan fingerprint density at radius 2 is 0.640 bits per heavy atom. The van der Waals surface area contributed by atoms with Crippen LogP contribution in [-0.2, 0) is 0 Å². The first-order valence-electron chi connectivity index (χ1n) is 9.53. The number of hydrogen-bond acceptors (Lipinski definition) is 0. The van der Waals surface area contributed by atoms with E-state index < -0.39 is 0 Å². The Kier molecular flexibility index (Phi) is 4.15. The van der Waals surface area contributed by atoms with E-state index in [9.17, 15) is 0 Å². The van der Waals surface area contributed by atoms with Crippen LogP contribution in [0.5, 0.6) is 0 Å². The predicted octanol–water partition coefficient (Wildman–Crippen LogP) is 6.36. The normalized spacial score (nSPS) is 23.4. The Labute approximate surface area is 152 Å². The molecule has 0 atom stereocenters. The highest BCUT2D eigenvalue weighted by molar-refractivity contribution is 5.32. The molecule has 0 nitrogen and oxygen atoms in total. The van der Waals surface area contributed by atoms with Crippen molar-refractivity contribution in [1.29, 1.82) is 0 Å². The Morgan fingerprint density at radius 3 is 0.840 bits per heavy atom. The van der Waals surface area contributed by atoms with E-state index in [1.807, 2.05) is 0 Å². The standard InChI is InChI=1S/C25H28/c1-24(20-11-3-4-12-20,21-13-5-6-14-21)19-25(2,22-15-7-8-16-22)23-17-9-10-18-23/h3-18,20-23H,19H2,1-2H3. The molecule has 0 heterocycles. The maximum absolute atomic E-state index is 2.49. The maximum Gasteiger partial charge on any atom is 0.00155 e. The summed E-state index contributed by atoms with van der Waals surface area (Å²) in [4.78, 5) is 0. The first-order valence-corrected chi connectivity index (χ1v) is 9.53. The van der Waals surface area contributed by atoms with Crippen LogP contribution in [0.1, 0.15) is 20.3 Å². The van der Waals surface area contributed by atoms with E-state index in [0.29, 0.717) is 23.7 Å². The van der Waals surface area contributed by atoms with Crippen molar-refractivity contribution in [2.24, 2.45) is 34.5 Å². The fraction of sp³-hybridized carbons (Fsp3) is 0.360. The second-order valence-electron chi connectivity index (χ2n) is 8.37. The minimum atomic E-state index is 0.177. The van der Waals surface area contributed by atoms with E-state index >= 15 is 0 Å². The molecule has 0 unspecified atom stereocenters. The fourth-order valence-electron chi connectivity index (χ4n) is 5.22. The monoisotopic (exact) mass is 328 g/mol. The Morgan fingerprint density at radius 1 is 0.440 bits per heavy atom. The van der Waals surface area contributed by atoms with Gasteiger partial charge in [0.2, 0.25) is 0 Å².